The highest BCUT2D eigenvalue weighted by molar-refractivity contribution is 6.02. The molecule has 2 fully saturated rings. The second-order valence-electron chi connectivity index (χ2n) is 3.76. The van der Waals surface area contributed by atoms with Crippen molar-refractivity contribution in [2.75, 3.05) is 13.2 Å². The molecule has 0 aromatic rings. The van der Waals surface area contributed by atoms with Crippen LogP contribution in [-0.4, -0.2) is 58.4 Å². The van der Waals surface area contributed by atoms with E-state index in [9.17, 15) is 9.59 Å². The smallest absolute Gasteiger partial charge is 0.258 e. The van der Waals surface area contributed by atoms with E-state index in [1.165, 1.54) is 0 Å². The minimum Gasteiger partial charge on any atom is -0.394 e. The molecule has 0 aliphatic carbocycles. The van der Waals surface area contributed by atoms with Crippen molar-refractivity contribution < 1.29 is 24.5 Å². The molecule has 6 heteroatoms. The van der Waals surface area contributed by atoms with Crippen LogP contribution in [0.25, 0.3) is 0 Å². The van der Waals surface area contributed by atoms with E-state index >= 15 is 0 Å². The number of likely N-dealkylation sites (tertiary alicyclic amines) is 1. The molecule has 2 bridgehead atoms. The van der Waals surface area contributed by atoms with E-state index in [1.807, 2.05) is 0 Å². The molecule has 2 unspecified atom stereocenters. The lowest BCUT2D eigenvalue weighted by atomic mass is 10.2. The number of hydrogen-bond acceptors (Lipinski definition) is 5. The molecule has 0 aromatic heterocycles. The molecule has 2 heterocycles. The maximum atomic E-state index is 11.7. The first-order valence-electron chi connectivity index (χ1n) is 4.93. The predicted molar refractivity (Wildman–Crippen MR) is 47.7 cm³/mol. The Labute approximate surface area is 86.4 Å². The van der Waals surface area contributed by atoms with Crippen molar-refractivity contribution in [3.05, 3.63) is 0 Å². The summed E-state index contributed by atoms with van der Waals surface area (Å²) in [4.78, 5) is 24.4. The van der Waals surface area contributed by atoms with Gasteiger partial charge in [-0.25, -0.2) is 0 Å². The van der Waals surface area contributed by atoms with Crippen LogP contribution in [-0.2, 0) is 14.3 Å². The van der Waals surface area contributed by atoms with Gasteiger partial charge in [-0.3, -0.25) is 14.5 Å². The van der Waals surface area contributed by atoms with Gasteiger partial charge in [0.25, 0.3) is 11.8 Å². The number of hydrogen-bond donors (Lipinski definition) is 2. The average Bonchev–Trinajstić information content (AvgIpc) is 2.68. The second-order valence-corrected chi connectivity index (χ2v) is 3.76. The number of rotatable bonds is 3. The highest BCUT2D eigenvalue weighted by Crippen LogP contribution is 2.29. The fourth-order valence-electron chi connectivity index (χ4n) is 2.00. The van der Waals surface area contributed by atoms with Crippen LogP contribution >= 0.6 is 0 Å². The first kappa shape index (κ1) is 10.5. The van der Waals surface area contributed by atoms with E-state index in [4.69, 9.17) is 14.9 Å². The van der Waals surface area contributed by atoms with Crippen molar-refractivity contribution >= 4 is 11.8 Å². The van der Waals surface area contributed by atoms with Crippen LogP contribution in [0.4, 0.5) is 0 Å². The van der Waals surface area contributed by atoms with E-state index in [-0.39, 0.29) is 0 Å². The molecule has 2 aliphatic heterocycles. The lowest BCUT2D eigenvalue weighted by Gasteiger charge is -2.34. The number of morpholine rings is 1. The molecule has 2 N–H and O–H groups in total. The summed E-state index contributed by atoms with van der Waals surface area (Å²) in [6.45, 7) is -0.846. The molecule has 0 aromatic carbocycles. The fourth-order valence-corrected chi connectivity index (χ4v) is 2.00. The van der Waals surface area contributed by atoms with Crippen molar-refractivity contribution in [2.24, 2.45) is 0 Å². The minimum absolute atomic E-state index is 0.423. The molecule has 0 saturated carbocycles. The standard InChI is InChI=1S/C9H13NO5/c11-3-5(4-12)10-8(13)6-1-2-7(15-6)9(10)14/h5-7,11-12H,1-4H2. The molecular formula is C9H13NO5. The number of fused-ring (bicyclic) bond motifs is 2. The summed E-state index contributed by atoms with van der Waals surface area (Å²) < 4.78 is 5.19. The topological polar surface area (TPSA) is 87.1 Å². The Morgan fingerprint density at radius 3 is 2.07 bits per heavy atom. The summed E-state index contributed by atoms with van der Waals surface area (Å²) >= 11 is 0. The number of nitrogens with zero attached hydrogens (tertiary/aromatic N) is 1. The van der Waals surface area contributed by atoms with Crippen molar-refractivity contribution in [1.82, 2.24) is 4.90 Å². The lowest BCUT2D eigenvalue weighted by Crippen LogP contribution is -2.57. The van der Waals surface area contributed by atoms with Crippen molar-refractivity contribution in [2.45, 2.75) is 31.1 Å². The van der Waals surface area contributed by atoms with Crippen LogP contribution in [0, 0.1) is 0 Å². The summed E-state index contributed by atoms with van der Waals surface area (Å²) in [5.41, 5.74) is 0. The largest absolute Gasteiger partial charge is 0.394 e. The maximum Gasteiger partial charge on any atom is 0.258 e. The van der Waals surface area contributed by atoms with Gasteiger partial charge in [0.05, 0.1) is 19.3 Å². The number of carbonyl (C=O) groups is 2. The summed E-state index contributed by atoms with van der Waals surface area (Å²) in [6.07, 6.45) is -0.0773. The highest BCUT2D eigenvalue weighted by atomic mass is 16.5. The monoisotopic (exact) mass is 215 g/mol. The molecule has 2 aliphatic rings. The molecule has 2 saturated heterocycles. The van der Waals surface area contributed by atoms with Gasteiger partial charge >= 0.3 is 0 Å². The molecule has 2 amide bonds. The molecule has 0 spiro atoms. The zero-order valence-corrected chi connectivity index (χ0v) is 8.13. The zero-order valence-electron chi connectivity index (χ0n) is 8.13. The van der Waals surface area contributed by atoms with Gasteiger partial charge in [-0.1, -0.05) is 0 Å². The third kappa shape index (κ3) is 1.54. The number of carbonyl (C=O) groups excluding carboxylic acids is 2. The predicted octanol–water partition coefficient (Wildman–Crippen LogP) is -1.74. The molecule has 6 nitrogen and oxygen atoms in total. The van der Waals surface area contributed by atoms with E-state index in [2.05, 4.69) is 0 Å². The molecule has 0 radical (unpaired) electrons. The number of aliphatic hydroxyl groups excluding tert-OH is 2. The minimum atomic E-state index is -0.836. The van der Waals surface area contributed by atoms with Gasteiger partial charge < -0.3 is 14.9 Å². The number of aliphatic hydroxyl groups is 2. The Hall–Kier alpha value is -0.980. The Morgan fingerprint density at radius 1 is 1.20 bits per heavy atom. The fraction of sp³-hybridized carbons (Fsp3) is 0.778. The van der Waals surface area contributed by atoms with E-state index in [0.717, 1.165) is 4.90 Å². The first-order valence-corrected chi connectivity index (χ1v) is 4.93. The first-order chi connectivity index (χ1) is 7.19. The van der Waals surface area contributed by atoms with E-state index in [1.54, 1.807) is 0 Å². The van der Waals surface area contributed by atoms with Gasteiger partial charge in [0.2, 0.25) is 0 Å². The van der Waals surface area contributed by atoms with Gasteiger partial charge in [0.1, 0.15) is 12.2 Å². The average molecular weight is 215 g/mol. The van der Waals surface area contributed by atoms with Gasteiger partial charge in [-0.2, -0.15) is 0 Å². The number of imide groups is 1. The maximum absolute atomic E-state index is 11.7. The number of amides is 2. The van der Waals surface area contributed by atoms with Crippen LogP contribution in [0.2, 0.25) is 0 Å². The van der Waals surface area contributed by atoms with Gasteiger partial charge in [0.15, 0.2) is 0 Å². The second kappa shape index (κ2) is 3.88. The quantitative estimate of drug-likeness (QED) is 0.545. The van der Waals surface area contributed by atoms with Crippen molar-refractivity contribution in [3.63, 3.8) is 0 Å². The molecular weight excluding hydrogens is 202 g/mol. The highest BCUT2D eigenvalue weighted by Gasteiger charge is 2.48. The molecule has 84 valence electrons. The summed E-state index contributed by atoms with van der Waals surface area (Å²) in [7, 11) is 0. The summed E-state index contributed by atoms with van der Waals surface area (Å²) in [6, 6.07) is -0.836. The van der Waals surface area contributed by atoms with E-state index in [0.29, 0.717) is 12.8 Å². The molecule has 2 rings (SSSR count). The SMILES string of the molecule is O=C1C2CCC(O2)C(=O)N1C(CO)CO. The third-order valence-electron chi connectivity index (χ3n) is 2.83. The van der Waals surface area contributed by atoms with Crippen LogP contribution < -0.4 is 0 Å². The van der Waals surface area contributed by atoms with Crippen LogP contribution in [0.1, 0.15) is 12.8 Å². The van der Waals surface area contributed by atoms with Gasteiger partial charge in [-0.15, -0.1) is 0 Å². The van der Waals surface area contributed by atoms with Crippen molar-refractivity contribution in [1.29, 1.82) is 0 Å². The molecule has 15 heavy (non-hydrogen) atoms. The Bertz CT molecular complexity index is 266. The normalized spacial score (nSPS) is 30.5. The van der Waals surface area contributed by atoms with Crippen molar-refractivity contribution in [3.8, 4) is 0 Å². The lowest BCUT2D eigenvalue weighted by molar-refractivity contribution is -0.173. The third-order valence-corrected chi connectivity index (χ3v) is 2.83. The van der Waals surface area contributed by atoms with Gasteiger partial charge in [-0.05, 0) is 12.8 Å². The zero-order chi connectivity index (χ0) is 11.0. The Morgan fingerprint density at radius 2 is 1.67 bits per heavy atom. The Balaban J connectivity index is 2.22. The van der Waals surface area contributed by atoms with Crippen LogP contribution in [0.15, 0.2) is 0 Å². The van der Waals surface area contributed by atoms with E-state index < -0.39 is 43.3 Å². The van der Waals surface area contributed by atoms with Crippen LogP contribution in [0.5, 0.6) is 0 Å². The van der Waals surface area contributed by atoms with Gasteiger partial charge in [0, 0.05) is 0 Å². The molecule has 2 atom stereocenters. The Kier molecular flexibility index (Phi) is 2.72. The number of ether oxygens (including phenoxy) is 1. The summed E-state index contributed by atoms with van der Waals surface area (Å²) in [5, 5.41) is 17.9. The summed E-state index contributed by atoms with van der Waals surface area (Å²) in [5.74, 6) is -0.885. The van der Waals surface area contributed by atoms with Crippen LogP contribution in [0.3, 0.4) is 0 Å².